The second-order valence-electron chi connectivity index (χ2n) is 4.99. The highest BCUT2D eigenvalue weighted by Gasteiger charge is 2.24. The number of ether oxygens (including phenoxy) is 1. The average Bonchev–Trinajstić information content (AvgIpc) is 2.83. The van der Waals surface area contributed by atoms with Crippen molar-refractivity contribution in [3.8, 4) is 5.75 Å². The minimum atomic E-state index is -0.393. The number of halogens is 2. The van der Waals surface area contributed by atoms with Crippen LogP contribution in [0, 0.1) is 12.8 Å². The Bertz CT molecular complexity index is 485. The molecule has 1 saturated heterocycles. The normalized spacial score (nSPS) is 20.7. The van der Waals surface area contributed by atoms with E-state index >= 15 is 0 Å². The molecule has 0 spiro atoms. The van der Waals surface area contributed by atoms with E-state index < -0.39 is 6.10 Å². The highest BCUT2D eigenvalue weighted by Crippen LogP contribution is 2.20. The Morgan fingerprint density at radius 1 is 1.52 bits per heavy atom. The first-order valence-corrected chi connectivity index (χ1v) is 6.98. The molecule has 1 amide bonds. The number of β-amino-alcohol motifs (C(OH)–C–C–N with tert-alkyl or cyclic N) is 1. The number of aryl methyl sites for hydroxylation is 1. The zero-order valence-corrected chi connectivity index (χ0v) is 13.3. The predicted octanol–water partition coefficient (Wildman–Crippen LogP) is 1.15. The van der Waals surface area contributed by atoms with E-state index in [0.29, 0.717) is 23.9 Å². The molecule has 3 N–H and O–H groups in total. The van der Waals surface area contributed by atoms with Gasteiger partial charge in [-0.25, -0.2) is 0 Å². The van der Waals surface area contributed by atoms with Gasteiger partial charge in [-0.05, 0) is 30.7 Å². The van der Waals surface area contributed by atoms with Crippen molar-refractivity contribution in [2.24, 2.45) is 5.92 Å². The maximum Gasteiger partial charge on any atom is 0.257 e. The summed E-state index contributed by atoms with van der Waals surface area (Å²) in [5.41, 5.74) is 0.907. The fraction of sp³-hybridized carbons (Fsp3) is 0.500. The maximum absolute atomic E-state index is 11.7. The van der Waals surface area contributed by atoms with E-state index in [0.717, 1.165) is 12.1 Å². The van der Waals surface area contributed by atoms with E-state index in [1.807, 2.05) is 6.92 Å². The number of benzene rings is 1. The third-order valence-corrected chi connectivity index (χ3v) is 3.79. The lowest BCUT2D eigenvalue weighted by molar-refractivity contribution is -0.123. The maximum atomic E-state index is 11.7. The molecular weight excluding hydrogens is 315 g/mol. The van der Waals surface area contributed by atoms with Gasteiger partial charge in [0.2, 0.25) is 0 Å². The molecule has 0 aromatic heterocycles. The SMILES string of the molecule is Cc1cc(OCC(=O)NCC2CNCC2O)ccc1Cl.Cl. The van der Waals surface area contributed by atoms with Gasteiger partial charge in [-0.1, -0.05) is 11.6 Å². The molecule has 7 heteroatoms. The average molecular weight is 335 g/mol. The number of hydrogen-bond donors (Lipinski definition) is 3. The van der Waals surface area contributed by atoms with Crippen molar-refractivity contribution in [3.63, 3.8) is 0 Å². The Balaban J connectivity index is 0.00000220. The second-order valence-corrected chi connectivity index (χ2v) is 5.40. The number of hydrogen-bond acceptors (Lipinski definition) is 4. The zero-order chi connectivity index (χ0) is 14.5. The van der Waals surface area contributed by atoms with Crippen molar-refractivity contribution in [2.45, 2.75) is 13.0 Å². The van der Waals surface area contributed by atoms with Crippen LogP contribution in [0.4, 0.5) is 0 Å². The van der Waals surface area contributed by atoms with Crippen LogP contribution >= 0.6 is 24.0 Å². The van der Waals surface area contributed by atoms with Crippen molar-refractivity contribution >= 4 is 29.9 Å². The van der Waals surface area contributed by atoms with E-state index in [1.54, 1.807) is 18.2 Å². The van der Waals surface area contributed by atoms with Crippen LogP contribution in [0.2, 0.25) is 5.02 Å². The van der Waals surface area contributed by atoms with Crippen LogP contribution < -0.4 is 15.4 Å². The Labute approximate surface area is 135 Å². The molecule has 1 aliphatic heterocycles. The number of nitrogens with one attached hydrogen (secondary N) is 2. The number of rotatable bonds is 5. The second kappa shape index (κ2) is 8.44. The van der Waals surface area contributed by atoms with Gasteiger partial charge in [0, 0.05) is 30.6 Å². The fourth-order valence-corrected chi connectivity index (χ4v) is 2.20. The Hall–Kier alpha value is -1.01. The van der Waals surface area contributed by atoms with Gasteiger partial charge < -0.3 is 20.5 Å². The smallest absolute Gasteiger partial charge is 0.257 e. The monoisotopic (exact) mass is 334 g/mol. The molecule has 0 radical (unpaired) electrons. The summed E-state index contributed by atoms with van der Waals surface area (Å²) in [7, 11) is 0. The van der Waals surface area contributed by atoms with Crippen LogP contribution in [0.3, 0.4) is 0 Å². The van der Waals surface area contributed by atoms with Gasteiger partial charge in [-0.2, -0.15) is 0 Å². The third kappa shape index (κ3) is 5.36. The fourth-order valence-electron chi connectivity index (χ4n) is 2.08. The summed E-state index contributed by atoms with van der Waals surface area (Å²) in [6, 6.07) is 5.26. The van der Waals surface area contributed by atoms with Gasteiger partial charge in [-0.15, -0.1) is 12.4 Å². The molecule has 0 saturated carbocycles. The van der Waals surface area contributed by atoms with Gasteiger partial charge in [0.25, 0.3) is 5.91 Å². The van der Waals surface area contributed by atoms with Crippen LogP contribution in [0.1, 0.15) is 5.56 Å². The molecule has 21 heavy (non-hydrogen) atoms. The molecule has 0 aliphatic carbocycles. The first-order valence-electron chi connectivity index (χ1n) is 6.60. The van der Waals surface area contributed by atoms with Crippen LogP contribution in [0.15, 0.2) is 18.2 Å². The predicted molar refractivity (Wildman–Crippen MR) is 84.3 cm³/mol. The molecule has 1 fully saturated rings. The molecule has 1 aromatic rings. The van der Waals surface area contributed by atoms with Crippen LogP contribution in [0.5, 0.6) is 5.75 Å². The van der Waals surface area contributed by atoms with Crippen LogP contribution in [-0.2, 0) is 4.79 Å². The minimum Gasteiger partial charge on any atom is -0.484 e. The molecule has 1 aromatic carbocycles. The van der Waals surface area contributed by atoms with Crippen molar-refractivity contribution in [1.82, 2.24) is 10.6 Å². The molecule has 0 bridgehead atoms. The summed E-state index contributed by atoms with van der Waals surface area (Å²) in [5, 5.41) is 16.1. The van der Waals surface area contributed by atoms with E-state index in [2.05, 4.69) is 10.6 Å². The molecule has 2 unspecified atom stereocenters. The van der Waals surface area contributed by atoms with Gasteiger partial charge in [-0.3, -0.25) is 4.79 Å². The van der Waals surface area contributed by atoms with Gasteiger partial charge in [0.15, 0.2) is 6.61 Å². The van der Waals surface area contributed by atoms with E-state index in [4.69, 9.17) is 16.3 Å². The molecule has 1 heterocycles. The summed E-state index contributed by atoms with van der Waals surface area (Å²) < 4.78 is 5.40. The molecule has 2 atom stereocenters. The van der Waals surface area contributed by atoms with Gasteiger partial charge >= 0.3 is 0 Å². The minimum absolute atomic E-state index is 0. The summed E-state index contributed by atoms with van der Waals surface area (Å²) >= 11 is 5.91. The Morgan fingerprint density at radius 3 is 2.90 bits per heavy atom. The van der Waals surface area contributed by atoms with Crippen molar-refractivity contribution in [3.05, 3.63) is 28.8 Å². The van der Waals surface area contributed by atoms with Crippen molar-refractivity contribution in [1.29, 1.82) is 0 Å². The number of carbonyl (C=O) groups excluding carboxylic acids is 1. The molecule has 118 valence electrons. The summed E-state index contributed by atoms with van der Waals surface area (Å²) in [6.45, 7) is 3.59. The van der Waals surface area contributed by atoms with E-state index in [1.165, 1.54) is 0 Å². The summed E-state index contributed by atoms with van der Waals surface area (Å²) in [4.78, 5) is 11.7. The number of carbonyl (C=O) groups is 1. The molecular formula is C14H20Cl2N2O3. The zero-order valence-electron chi connectivity index (χ0n) is 11.8. The first-order chi connectivity index (χ1) is 9.56. The van der Waals surface area contributed by atoms with E-state index in [-0.39, 0.29) is 30.8 Å². The van der Waals surface area contributed by atoms with Crippen LogP contribution in [0.25, 0.3) is 0 Å². The largest absolute Gasteiger partial charge is 0.484 e. The first kappa shape index (κ1) is 18.0. The topological polar surface area (TPSA) is 70.6 Å². The number of aliphatic hydroxyl groups excluding tert-OH is 1. The molecule has 2 rings (SSSR count). The standard InChI is InChI=1S/C14H19ClN2O3.ClH/c1-9-4-11(2-3-12(9)15)20-8-14(19)17-6-10-5-16-7-13(10)18;/h2-4,10,13,16,18H,5-8H2,1H3,(H,17,19);1H. The van der Waals surface area contributed by atoms with Crippen molar-refractivity contribution in [2.75, 3.05) is 26.2 Å². The lowest BCUT2D eigenvalue weighted by Crippen LogP contribution is -2.36. The lowest BCUT2D eigenvalue weighted by Gasteiger charge is -2.14. The van der Waals surface area contributed by atoms with E-state index in [9.17, 15) is 9.90 Å². The number of aliphatic hydroxyl groups is 1. The van der Waals surface area contributed by atoms with Crippen LogP contribution in [-0.4, -0.2) is 43.4 Å². The van der Waals surface area contributed by atoms with Crippen molar-refractivity contribution < 1.29 is 14.6 Å². The summed E-state index contributed by atoms with van der Waals surface area (Å²) in [5.74, 6) is 0.484. The highest BCUT2D eigenvalue weighted by molar-refractivity contribution is 6.31. The third-order valence-electron chi connectivity index (χ3n) is 3.36. The highest BCUT2D eigenvalue weighted by atomic mass is 35.5. The quantitative estimate of drug-likeness (QED) is 0.755. The van der Waals surface area contributed by atoms with Gasteiger partial charge in [0.1, 0.15) is 5.75 Å². The number of amides is 1. The lowest BCUT2D eigenvalue weighted by atomic mass is 10.1. The summed E-state index contributed by atoms with van der Waals surface area (Å²) in [6.07, 6.45) is -0.393. The Kier molecular flexibility index (Phi) is 7.25. The molecule has 1 aliphatic rings. The Morgan fingerprint density at radius 2 is 2.29 bits per heavy atom. The van der Waals surface area contributed by atoms with Gasteiger partial charge in [0.05, 0.1) is 6.10 Å². The molecule has 5 nitrogen and oxygen atoms in total.